The van der Waals surface area contributed by atoms with Gasteiger partial charge in [-0.2, -0.15) is 5.26 Å². The molecule has 1 atom stereocenters. The largest absolute Gasteiger partial charge is 0.493 e. The summed E-state index contributed by atoms with van der Waals surface area (Å²) in [7, 11) is 1.59. The van der Waals surface area contributed by atoms with E-state index in [9.17, 15) is 0 Å². The number of hydrogen-bond acceptors (Lipinski definition) is 4. The van der Waals surface area contributed by atoms with E-state index in [0.717, 1.165) is 5.56 Å². The van der Waals surface area contributed by atoms with Crippen LogP contribution in [0.3, 0.4) is 0 Å². The van der Waals surface area contributed by atoms with E-state index in [2.05, 4.69) is 18.0 Å². The lowest BCUT2D eigenvalue weighted by Gasteiger charge is -2.14. The molecule has 0 bridgehead atoms. The molecule has 0 aliphatic carbocycles. The van der Waals surface area contributed by atoms with E-state index in [1.807, 2.05) is 19.1 Å². The second-order valence-corrected chi connectivity index (χ2v) is 3.60. The number of ether oxygens (including phenoxy) is 2. The minimum atomic E-state index is -0.381. The first-order valence-electron chi connectivity index (χ1n) is 5.81. The zero-order valence-electron chi connectivity index (χ0n) is 10.8. The van der Waals surface area contributed by atoms with Crippen molar-refractivity contribution in [2.24, 2.45) is 0 Å². The Labute approximate surface area is 108 Å². The molecule has 1 N–H and O–H groups in total. The van der Waals surface area contributed by atoms with Gasteiger partial charge in [-0.15, -0.1) is 6.58 Å². The highest BCUT2D eigenvalue weighted by Crippen LogP contribution is 2.30. The second kappa shape index (κ2) is 7.36. The van der Waals surface area contributed by atoms with Crippen LogP contribution in [0.4, 0.5) is 0 Å². The molecular weight excluding hydrogens is 228 g/mol. The number of nitrogens with one attached hydrogen (secondary N) is 1. The first-order valence-corrected chi connectivity index (χ1v) is 5.81. The maximum Gasteiger partial charge on any atom is 0.161 e. The molecular formula is C14H18N2O2. The lowest BCUT2D eigenvalue weighted by molar-refractivity contribution is 0.310. The Bertz CT molecular complexity index is 438. The number of hydrogen-bond donors (Lipinski definition) is 1. The molecule has 0 saturated carbocycles. The fraction of sp³-hybridized carbons (Fsp3) is 0.357. The summed E-state index contributed by atoms with van der Waals surface area (Å²) in [5, 5.41) is 12.2. The maximum atomic E-state index is 9.13. The molecule has 0 amide bonds. The standard InChI is InChI=1S/C14H18N2O2/c1-4-8-16-12(10-15)11-6-7-13(17-3)14(9-11)18-5-2/h4,6-7,9,12,16H,1,5,8H2,2-3H3. The lowest BCUT2D eigenvalue weighted by atomic mass is 10.1. The normalized spacial score (nSPS) is 11.4. The smallest absolute Gasteiger partial charge is 0.161 e. The summed E-state index contributed by atoms with van der Waals surface area (Å²) < 4.78 is 10.7. The van der Waals surface area contributed by atoms with Crippen LogP contribution in [0, 0.1) is 11.3 Å². The molecule has 0 fully saturated rings. The third kappa shape index (κ3) is 3.51. The van der Waals surface area contributed by atoms with E-state index < -0.39 is 0 Å². The van der Waals surface area contributed by atoms with Crippen molar-refractivity contribution < 1.29 is 9.47 Å². The second-order valence-electron chi connectivity index (χ2n) is 3.60. The maximum absolute atomic E-state index is 9.13. The first kappa shape index (κ1) is 14.1. The van der Waals surface area contributed by atoms with Crippen molar-refractivity contribution >= 4 is 0 Å². The quantitative estimate of drug-likeness (QED) is 0.751. The van der Waals surface area contributed by atoms with Gasteiger partial charge < -0.3 is 9.47 Å². The summed E-state index contributed by atoms with van der Waals surface area (Å²) in [6.45, 7) is 6.66. The van der Waals surface area contributed by atoms with Crippen LogP contribution in [0.25, 0.3) is 0 Å². The van der Waals surface area contributed by atoms with Crippen LogP contribution in [0.5, 0.6) is 11.5 Å². The van der Waals surface area contributed by atoms with Gasteiger partial charge in [0.2, 0.25) is 0 Å². The van der Waals surface area contributed by atoms with E-state index >= 15 is 0 Å². The van der Waals surface area contributed by atoms with Crippen molar-refractivity contribution in [3.8, 4) is 17.6 Å². The van der Waals surface area contributed by atoms with Crippen LogP contribution in [0.15, 0.2) is 30.9 Å². The average molecular weight is 246 g/mol. The molecule has 1 rings (SSSR count). The van der Waals surface area contributed by atoms with Crippen molar-refractivity contribution in [1.29, 1.82) is 5.26 Å². The SMILES string of the molecule is C=CCNC(C#N)c1ccc(OC)c(OCC)c1. The van der Waals surface area contributed by atoms with Crippen LogP contribution in [-0.2, 0) is 0 Å². The van der Waals surface area contributed by atoms with Crippen LogP contribution in [0.1, 0.15) is 18.5 Å². The highest BCUT2D eigenvalue weighted by atomic mass is 16.5. The number of nitriles is 1. The number of methoxy groups -OCH3 is 1. The van der Waals surface area contributed by atoms with Crippen LogP contribution in [0.2, 0.25) is 0 Å². The molecule has 0 radical (unpaired) electrons. The van der Waals surface area contributed by atoms with Gasteiger partial charge in [-0.1, -0.05) is 12.1 Å². The van der Waals surface area contributed by atoms with E-state index in [1.54, 1.807) is 19.3 Å². The third-order valence-corrected chi connectivity index (χ3v) is 2.42. The molecule has 1 unspecified atom stereocenters. The Kier molecular flexibility index (Phi) is 5.75. The van der Waals surface area contributed by atoms with Crippen LogP contribution < -0.4 is 14.8 Å². The van der Waals surface area contributed by atoms with Crippen molar-refractivity contribution in [2.75, 3.05) is 20.3 Å². The van der Waals surface area contributed by atoms with Crippen molar-refractivity contribution in [2.45, 2.75) is 13.0 Å². The molecule has 1 aromatic carbocycles. The number of nitrogens with zero attached hydrogens (tertiary/aromatic N) is 1. The Morgan fingerprint density at radius 1 is 1.50 bits per heavy atom. The van der Waals surface area contributed by atoms with Gasteiger partial charge in [0.05, 0.1) is 19.8 Å². The van der Waals surface area contributed by atoms with Crippen molar-refractivity contribution in [1.82, 2.24) is 5.32 Å². The molecule has 0 heterocycles. The molecule has 4 nitrogen and oxygen atoms in total. The van der Waals surface area contributed by atoms with E-state index in [0.29, 0.717) is 24.7 Å². The molecule has 4 heteroatoms. The predicted molar refractivity (Wildman–Crippen MR) is 70.7 cm³/mol. The van der Waals surface area contributed by atoms with E-state index in [-0.39, 0.29) is 6.04 Å². The summed E-state index contributed by atoms with van der Waals surface area (Å²) >= 11 is 0. The Morgan fingerprint density at radius 2 is 2.28 bits per heavy atom. The fourth-order valence-electron chi connectivity index (χ4n) is 1.58. The van der Waals surface area contributed by atoms with Crippen LogP contribution >= 0.6 is 0 Å². The molecule has 1 aromatic rings. The van der Waals surface area contributed by atoms with Gasteiger partial charge in [0.1, 0.15) is 6.04 Å². The predicted octanol–water partition coefficient (Wildman–Crippen LogP) is 2.43. The fourth-order valence-corrected chi connectivity index (χ4v) is 1.58. The minimum Gasteiger partial charge on any atom is -0.493 e. The Balaban J connectivity index is 2.98. The van der Waals surface area contributed by atoms with Crippen molar-refractivity contribution in [3.63, 3.8) is 0 Å². The summed E-state index contributed by atoms with van der Waals surface area (Å²) in [6.07, 6.45) is 1.72. The molecule has 96 valence electrons. The van der Waals surface area contributed by atoms with Gasteiger partial charge in [0.25, 0.3) is 0 Å². The summed E-state index contributed by atoms with van der Waals surface area (Å²) in [5.41, 5.74) is 0.851. The monoisotopic (exact) mass is 246 g/mol. The van der Waals surface area contributed by atoms with Gasteiger partial charge in [-0.25, -0.2) is 0 Å². The lowest BCUT2D eigenvalue weighted by Crippen LogP contribution is -2.19. The van der Waals surface area contributed by atoms with Gasteiger partial charge in [-0.3, -0.25) is 5.32 Å². The average Bonchev–Trinajstić information content (AvgIpc) is 2.40. The highest BCUT2D eigenvalue weighted by Gasteiger charge is 2.12. The molecule has 18 heavy (non-hydrogen) atoms. The van der Waals surface area contributed by atoms with E-state index in [1.165, 1.54) is 0 Å². The van der Waals surface area contributed by atoms with Gasteiger partial charge in [0, 0.05) is 6.54 Å². The third-order valence-electron chi connectivity index (χ3n) is 2.42. The highest BCUT2D eigenvalue weighted by molar-refractivity contribution is 5.44. The zero-order valence-corrected chi connectivity index (χ0v) is 10.8. The topological polar surface area (TPSA) is 54.3 Å². The molecule has 0 aliphatic heterocycles. The molecule has 0 saturated heterocycles. The Hall–Kier alpha value is -1.99. The van der Waals surface area contributed by atoms with Gasteiger partial charge >= 0.3 is 0 Å². The molecule has 0 aliphatic rings. The number of benzene rings is 1. The van der Waals surface area contributed by atoms with E-state index in [4.69, 9.17) is 14.7 Å². The number of rotatable bonds is 7. The van der Waals surface area contributed by atoms with Gasteiger partial charge in [0.15, 0.2) is 11.5 Å². The first-order chi connectivity index (χ1) is 8.76. The molecule has 0 aromatic heterocycles. The van der Waals surface area contributed by atoms with Crippen LogP contribution in [-0.4, -0.2) is 20.3 Å². The molecule has 0 spiro atoms. The Morgan fingerprint density at radius 3 is 2.83 bits per heavy atom. The zero-order chi connectivity index (χ0) is 13.4. The summed E-state index contributed by atoms with van der Waals surface area (Å²) in [6, 6.07) is 7.31. The summed E-state index contributed by atoms with van der Waals surface area (Å²) in [5.74, 6) is 1.32. The summed E-state index contributed by atoms with van der Waals surface area (Å²) in [4.78, 5) is 0. The van der Waals surface area contributed by atoms with Gasteiger partial charge in [-0.05, 0) is 24.6 Å². The minimum absolute atomic E-state index is 0.381. The van der Waals surface area contributed by atoms with Crippen molar-refractivity contribution in [3.05, 3.63) is 36.4 Å².